The van der Waals surface area contributed by atoms with Crippen LogP contribution in [-0.4, -0.2) is 26.0 Å². The van der Waals surface area contributed by atoms with E-state index >= 15 is 0 Å². The minimum absolute atomic E-state index is 0.598. The Hall–Kier alpha value is -1.43. The highest BCUT2D eigenvalue weighted by atomic mass is 79.9. The van der Waals surface area contributed by atoms with Gasteiger partial charge in [0, 0.05) is 17.1 Å². The van der Waals surface area contributed by atoms with Gasteiger partial charge < -0.3 is 10.1 Å². The number of carboxylic acid groups (broad SMARTS) is 1. The van der Waals surface area contributed by atoms with Crippen molar-refractivity contribution in [2.45, 2.75) is 12.8 Å². The number of aliphatic carboxylic acids is 1. The topological polar surface area (TPSA) is 78.9 Å². The molecular formula is C9H8BrN3O2. The van der Waals surface area contributed by atoms with Gasteiger partial charge in [0.2, 0.25) is 0 Å². The smallest absolute Gasteiger partial charge is 0.310 e. The summed E-state index contributed by atoms with van der Waals surface area (Å²) in [6, 6.07) is 0. The van der Waals surface area contributed by atoms with Crippen molar-refractivity contribution >= 4 is 32.9 Å². The Labute approximate surface area is 93.7 Å². The lowest BCUT2D eigenvalue weighted by molar-refractivity contribution is -0.138. The van der Waals surface area contributed by atoms with Gasteiger partial charge >= 0.3 is 5.97 Å². The van der Waals surface area contributed by atoms with E-state index in [1.165, 1.54) is 6.33 Å². The maximum Gasteiger partial charge on any atom is 0.310 e. The predicted octanol–water partition coefficient (Wildman–Crippen LogP) is 1.91. The highest BCUT2D eigenvalue weighted by Gasteiger charge is 2.21. The van der Waals surface area contributed by atoms with E-state index in [9.17, 15) is 4.79 Å². The summed E-state index contributed by atoms with van der Waals surface area (Å²) in [5, 5.41) is 9.70. The Kier molecular flexibility index (Phi) is 2.44. The number of H-pyrrole nitrogens is 1. The standard InChI is InChI=1S/C9H8BrN3O2/c1-4(9(14)15)6-5-2-11-3-12-8(5)13-7(6)10/h2-4H,1H3,(H,14,15)(H,11,12,13). The van der Waals surface area contributed by atoms with E-state index in [1.54, 1.807) is 13.1 Å². The number of nitrogens with one attached hydrogen (secondary N) is 1. The molecule has 2 N–H and O–H groups in total. The van der Waals surface area contributed by atoms with Crippen molar-refractivity contribution in [2.75, 3.05) is 0 Å². The average Bonchev–Trinajstić information content (AvgIpc) is 2.52. The molecule has 78 valence electrons. The number of carbonyl (C=O) groups is 1. The van der Waals surface area contributed by atoms with Crippen LogP contribution in [-0.2, 0) is 4.79 Å². The maximum atomic E-state index is 10.9. The van der Waals surface area contributed by atoms with Crippen molar-refractivity contribution in [3.63, 3.8) is 0 Å². The van der Waals surface area contributed by atoms with Crippen LogP contribution in [0.4, 0.5) is 0 Å². The van der Waals surface area contributed by atoms with E-state index < -0.39 is 11.9 Å². The molecule has 0 aliphatic heterocycles. The monoisotopic (exact) mass is 269 g/mol. The van der Waals surface area contributed by atoms with Crippen molar-refractivity contribution in [1.29, 1.82) is 0 Å². The fourth-order valence-electron chi connectivity index (χ4n) is 1.46. The molecule has 0 amide bonds. The van der Waals surface area contributed by atoms with Crippen molar-refractivity contribution < 1.29 is 9.90 Å². The first-order valence-electron chi connectivity index (χ1n) is 4.31. The molecule has 2 heterocycles. The molecule has 0 radical (unpaired) electrons. The number of aromatic amines is 1. The Bertz CT molecular complexity index is 523. The molecule has 6 heteroatoms. The summed E-state index contributed by atoms with van der Waals surface area (Å²) in [6.45, 7) is 1.63. The lowest BCUT2D eigenvalue weighted by atomic mass is 10.0. The largest absolute Gasteiger partial charge is 0.481 e. The predicted molar refractivity (Wildman–Crippen MR) is 57.6 cm³/mol. The van der Waals surface area contributed by atoms with Gasteiger partial charge in [-0.25, -0.2) is 9.97 Å². The molecule has 0 bridgehead atoms. The number of rotatable bonds is 2. The van der Waals surface area contributed by atoms with Gasteiger partial charge in [0.15, 0.2) is 0 Å². The van der Waals surface area contributed by atoms with E-state index in [-0.39, 0.29) is 0 Å². The molecule has 0 saturated heterocycles. The number of nitrogens with zero attached hydrogens (tertiary/aromatic N) is 2. The lowest BCUT2D eigenvalue weighted by Gasteiger charge is -2.04. The highest BCUT2D eigenvalue weighted by molar-refractivity contribution is 9.10. The fraction of sp³-hybridized carbons (Fsp3) is 0.222. The molecule has 1 unspecified atom stereocenters. The third-order valence-electron chi connectivity index (χ3n) is 2.27. The first-order valence-corrected chi connectivity index (χ1v) is 5.10. The summed E-state index contributed by atoms with van der Waals surface area (Å²) < 4.78 is 0.646. The van der Waals surface area contributed by atoms with E-state index in [2.05, 4.69) is 30.9 Å². The summed E-state index contributed by atoms with van der Waals surface area (Å²) in [5.74, 6) is -1.47. The van der Waals surface area contributed by atoms with Crippen LogP contribution in [0.3, 0.4) is 0 Å². The summed E-state index contributed by atoms with van der Waals surface area (Å²) in [4.78, 5) is 21.8. The van der Waals surface area contributed by atoms with E-state index in [0.717, 1.165) is 5.39 Å². The van der Waals surface area contributed by atoms with Crippen LogP contribution in [0, 0.1) is 0 Å². The Balaban J connectivity index is 2.68. The minimum atomic E-state index is -0.875. The third kappa shape index (κ3) is 1.61. The molecule has 0 saturated carbocycles. The van der Waals surface area contributed by atoms with E-state index in [0.29, 0.717) is 15.8 Å². The minimum Gasteiger partial charge on any atom is -0.481 e. The van der Waals surface area contributed by atoms with Gasteiger partial charge in [0.1, 0.15) is 12.0 Å². The van der Waals surface area contributed by atoms with Crippen LogP contribution < -0.4 is 0 Å². The zero-order valence-corrected chi connectivity index (χ0v) is 9.45. The SMILES string of the molecule is CC(C(=O)O)c1c(Br)[nH]c2ncncc12. The quantitative estimate of drug-likeness (QED) is 0.873. The fourth-order valence-corrected chi connectivity index (χ4v) is 2.21. The number of hydrogen-bond donors (Lipinski definition) is 2. The molecule has 0 aliphatic carbocycles. The van der Waals surface area contributed by atoms with Gasteiger partial charge in [-0.2, -0.15) is 0 Å². The van der Waals surface area contributed by atoms with Gasteiger partial charge in [0.25, 0.3) is 0 Å². The summed E-state index contributed by atoms with van der Waals surface area (Å²) >= 11 is 3.29. The second-order valence-corrected chi connectivity index (χ2v) is 3.99. The molecule has 0 spiro atoms. The first-order chi connectivity index (χ1) is 7.11. The molecule has 0 aromatic carbocycles. The Morgan fingerprint density at radius 2 is 2.40 bits per heavy atom. The van der Waals surface area contributed by atoms with Gasteiger partial charge in [-0.1, -0.05) is 0 Å². The van der Waals surface area contributed by atoms with Crippen molar-refractivity contribution in [1.82, 2.24) is 15.0 Å². The number of aromatic nitrogens is 3. The van der Waals surface area contributed by atoms with Crippen LogP contribution in [0.25, 0.3) is 11.0 Å². The van der Waals surface area contributed by atoms with Crippen LogP contribution in [0.1, 0.15) is 18.4 Å². The molecule has 2 aromatic heterocycles. The summed E-state index contributed by atoms with van der Waals surface area (Å²) in [6.07, 6.45) is 3.03. The lowest BCUT2D eigenvalue weighted by Crippen LogP contribution is -2.07. The molecule has 1 atom stereocenters. The molecule has 2 aromatic rings. The second kappa shape index (κ2) is 3.62. The van der Waals surface area contributed by atoms with Crippen LogP contribution >= 0.6 is 15.9 Å². The third-order valence-corrected chi connectivity index (χ3v) is 2.90. The van der Waals surface area contributed by atoms with E-state index in [1.807, 2.05) is 0 Å². The molecule has 15 heavy (non-hydrogen) atoms. The Morgan fingerprint density at radius 3 is 3.07 bits per heavy atom. The van der Waals surface area contributed by atoms with Crippen molar-refractivity contribution in [3.8, 4) is 0 Å². The molecular weight excluding hydrogens is 262 g/mol. The van der Waals surface area contributed by atoms with Crippen LogP contribution in [0.2, 0.25) is 0 Å². The van der Waals surface area contributed by atoms with Crippen LogP contribution in [0.15, 0.2) is 17.1 Å². The number of carboxylic acids is 1. The molecule has 5 nitrogen and oxygen atoms in total. The average molecular weight is 270 g/mol. The Morgan fingerprint density at radius 1 is 1.67 bits per heavy atom. The molecule has 2 rings (SSSR count). The molecule has 0 fully saturated rings. The van der Waals surface area contributed by atoms with Gasteiger partial charge in [0.05, 0.1) is 10.5 Å². The normalized spacial score (nSPS) is 12.9. The molecule has 0 aliphatic rings. The van der Waals surface area contributed by atoms with Crippen LogP contribution in [0.5, 0.6) is 0 Å². The van der Waals surface area contributed by atoms with Gasteiger partial charge in [-0.3, -0.25) is 4.79 Å². The summed E-state index contributed by atoms with van der Waals surface area (Å²) in [7, 11) is 0. The van der Waals surface area contributed by atoms with E-state index in [4.69, 9.17) is 5.11 Å². The maximum absolute atomic E-state index is 10.9. The number of halogens is 1. The zero-order valence-electron chi connectivity index (χ0n) is 7.86. The van der Waals surface area contributed by atoms with Crippen molar-refractivity contribution in [2.24, 2.45) is 0 Å². The highest BCUT2D eigenvalue weighted by Crippen LogP contribution is 2.31. The summed E-state index contributed by atoms with van der Waals surface area (Å²) in [5.41, 5.74) is 1.32. The van der Waals surface area contributed by atoms with Crippen molar-refractivity contribution in [3.05, 3.63) is 22.7 Å². The zero-order chi connectivity index (χ0) is 11.0. The van der Waals surface area contributed by atoms with Gasteiger partial charge in [-0.05, 0) is 22.9 Å². The van der Waals surface area contributed by atoms with Gasteiger partial charge in [-0.15, -0.1) is 0 Å². The second-order valence-electron chi connectivity index (χ2n) is 3.20. The first kappa shape index (κ1) is 10.1. The number of hydrogen-bond acceptors (Lipinski definition) is 3. The number of fused-ring (bicyclic) bond motifs is 1.